The fraction of sp³-hybridized carbons (Fsp3) is 1.00. The topological polar surface area (TPSA) is 86.2 Å². The predicted molar refractivity (Wildman–Crippen MR) is 75.5 cm³/mol. The van der Waals surface area contributed by atoms with Gasteiger partial charge in [-0.1, -0.05) is 39.5 Å². The van der Waals surface area contributed by atoms with Crippen molar-refractivity contribution in [1.82, 2.24) is 0 Å². The molecule has 0 aliphatic carbocycles. The van der Waals surface area contributed by atoms with Crippen molar-refractivity contribution in [2.24, 2.45) is 5.92 Å². The van der Waals surface area contributed by atoms with Gasteiger partial charge in [-0.2, -0.15) is 7.82 Å². The van der Waals surface area contributed by atoms with Gasteiger partial charge in [0, 0.05) is 0 Å². The third-order valence-corrected chi connectivity index (χ3v) is 4.64. The van der Waals surface area contributed by atoms with Crippen molar-refractivity contribution in [1.29, 1.82) is 0 Å². The van der Waals surface area contributed by atoms with Gasteiger partial charge >= 0.3 is 86.3 Å². The second kappa shape index (κ2) is 20.5. The summed E-state index contributed by atoms with van der Waals surface area (Å²) in [5, 5.41) is 0. The fourth-order valence-corrected chi connectivity index (χ4v) is 3.02. The van der Waals surface area contributed by atoms with Gasteiger partial charge in [-0.25, -0.2) is 0 Å². The van der Waals surface area contributed by atoms with Crippen molar-refractivity contribution in [2.45, 2.75) is 81.1 Å². The SMILES string of the molecule is CCCCC(CC)[CH2][Nd+3].CCCCCC.O=P([O-])([O-])[O-]. The second-order valence-electron chi connectivity index (χ2n) is 4.77. The number of hydrogen-bond acceptors (Lipinski definition) is 4. The Balaban J connectivity index is -0.000000230. The van der Waals surface area contributed by atoms with Crippen LogP contribution in [-0.4, -0.2) is 0 Å². The van der Waals surface area contributed by atoms with Gasteiger partial charge in [-0.05, 0) is 0 Å². The average Bonchev–Trinajstić information content (AvgIpc) is 2.36. The van der Waals surface area contributed by atoms with Crippen LogP contribution in [0.3, 0.4) is 0 Å². The van der Waals surface area contributed by atoms with Crippen LogP contribution in [0, 0.1) is 44.7 Å². The van der Waals surface area contributed by atoms with Crippen molar-refractivity contribution in [3.8, 4) is 0 Å². The molecule has 1 unspecified atom stereocenters. The predicted octanol–water partition coefficient (Wildman–Crippen LogP) is 2.93. The molecule has 0 radical (unpaired) electrons. The van der Waals surface area contributed by atoms with Crippen LogP contribution in [-0.2, 0) is 4.57 Å². The molecule has 0 rings (SSSR count). The maximum atomic E-state index is 8.55. The van der Waals surface area contributed by atoms with Crippen molar-refractivity contribution in [2.75, 3.05) is 0 Å². The van der Waals surface area contributed by atoms with E-state index in [4.69, 9.17) is 19.2 Å². The first kappa shape index (κ1) is 26.4. The first-order valence-corrected chi connectivity index (χ1v) is 11.4. The van der Waals surface area contributed by atoms with E-state index in [2.05, 4.69) is 27.7 Å². The minimum absolute atomic E-state index is 1.07. The monoisotopic (exact) mass is 436 g/mol. The summed E-state index contributed by atoms with van der Waals surface area (Å²) in [4.78, 5) is 25.6. The van der Waals surface area contributed by atoms with Gasteiger partial charge < -0.3 is 19.2 Å². The summed E-state index contributed by atoms with van der Waals surface area (Å²) in [5.74, 6) is 1.07. The molecule has 0 spiro atoms. The van der Waals surface area contributed by atoms with Crippen LogP contribution in [0.2, 0.25) is 2.07 Å². The first-order chi connectivity index (χ1) is 9.26. The van der Waals surface area contributed by atoms with Gasteiger partial charge in [0.1, 0.15) is 0 Å². The molecule has 0 aromatic rings. The summed E-state index contributed by atoms with van der Waals surface area (Å²) in [5.41, 5.74) is 0. The summed E-state index contributed by atoms with van der Waals surface area (Å²) in [6, 6.07) is 0. The molecule has 0 N–H and O–H groups in total. The van der Waals surface area contributed by atoms with Crippen LogP contribution >= 0.6 is 7.82 Å². The quantitative estimate of drug-likeness (QED) is 0.431. The van der Waals surface area contributed by atoms with Crippen molar-refractivity contribution in [3.63, 3.8) is 0 Å². The molecule has 0 bridgehead atoms. The number of hydrogen-bond donors (Lipinski definition) is 0. The molecule has 0 aromatic heterocycles. The van der Waals surface area contributed by atoms with E-state index in [1.54, 1.807) is 0 Å². The number of rotatable bonds is 8. The van der Waals surface area contributed by atoms with Gasteiger partial charge in [-0.3, -0.25) is 0 Å². The van der Waals surface area contributed by atoms with Crippen molar-refractivity contribution < 1.29 is 58.0 Å². The largest absolute Gasteiger partial charge is 0.822 e. The Bertz CT molecular complexity index is 193. The molecule has 0 aromatic carbocycles. The molecule has 4 nitrogen and oxygen atoms in total. The molecule has 6 heteroatoms. The molecule has 0 fully saturated rings. The summed E-state index contributed by atoms with van der Waals surface area (Å²) in [6.07, 6.45) is 11.2. The van der Waals surface area contributed by atoms with E-state index in [9.17, 15) is 0 Å². The Morgan fingerprint density at radius 1 is 0.900 bits per heavy atom. The second-order valence-corrected chi connectivity index (χ2v) is 6.98. The zero-order valence-electron chi connectivity index (χ0n) is 13.5. The first-order valence-electron chi connectivity index (χ1n) is 7.64. The normalized spacial score (nSPS) is 11.8. The van der Waals surface area contributed by atoms with Crippen LogP contribution < -0.4 is 14.7 Å². The summed E-state index contributed by atoms with van der Waals surface area (Å²) >= 11 is 1.40. The van der Waals surface area contributed by atoms with E-state index in [1.165, 1.54) is 92.2 Å². The standard InChI is InChI=1S/C8H17.C6H14.Nd.H3O4P/c1-4-6-7-8(3)5-2;1-3-5-6-4-2;;1-5(2,3)4/h8H,3-7H2,1-2H3;3-6H2,1-2H3;;(H3,1,2,3,4)/q;;+3;/p-3. The van der Waals surface area contributed by atoms with Crippen LogP contribution in [0.25, 0.3) is 0 Å². The molecule has 0 aliphatic heterocycles. The smallest absolute Gasteiger partial charge is 0.0536 e. The summed E-state index contributed by atoms with van der Waals surface area (Å²) < 4.78 is 10.1. The van der Waals surface area contributed by atoms with Crippen molar-refractivity contribution in [3.05, 3.63) is 0 Å². The third-order valence-electron chi connectivity index (χ3n) is 2.79. The van der Waals surface area contributed by atoms with Gasteiger partial charge in [0.25, 0.3) is 0 Å². The Hall–Kier alpha value is 1.46. The molecule has 1 atom stereocenters. The van der Waals surface area contributed by atoms with Crippen LogP contribution in [0.4, 0.5) is 0 Å². The van der Waals surface area contributed by atoms with Crippen LogP contribution in [0.5, 0.6) is 0 Å². The Kier molecular flexibility index (Phi) is 27.0. The van der Waals surface area contributed by atoms with E-state index in [0.29, 0.717) is 0 Å². The Morgan fingerprint density at radius 3 is 1.45 bits per heavy atom. The fourth-order valence-electron chi connectivity index (χ4n) is 1.44. The molecular formula is C14H31NdO4P. The molecule has 120 valence electrons. The zero-order valence-corrected chi connectivity index (χ0v) is 17.6. The van der Waals surface area contributed by atoms with Crippen LogP contribution in [0.1, 0.15) is 79.1 Å². The number of unbranched alkanes of at least 4 members (excludes halogenated alkanes) is 4. The minimum Gasteiger partial charge on any atom is -0.822 e. The van der Waals surface area contributed by atoms with Gasteiger partial charge in [-0.15, -0.1) is 0 Å². The molecule has 0 saturated heterocycles. The molecule has 0 heterocycles. The number of phosphoric acid groups is 1. The van der Waals surface area contributed by atoms with Gasteiger partial charge in [0.2, 0.25) is 0 Å². The van der Waals surface area contributed by atoms with E-state index in [1.807, 2.05) is 0 Å². The van der Waals surface area contributed by atoms with E-state index in [-0.39, 0.29) is 0 Å². The minimum atomic E-state index is -5.39. The van der Waals surface area contributed by atoms with Crippen molar-refractivity contribution >= 4 is 7.82 Å². The maximum absolute atomic E-state index is 8.55. The van der Waals surface area contributed by atoms with E-state index < -0.39 is 7.82 Å². The van der Waals surface area contributed by atoms with E-state index >= 15 is 0 Å². The zero-order chi connectivity index (χ0) is 16.4. The average molecular weight is 439 g/mol. The van der Waals surface area contributed by atoms with E-state index in [0.717, 1.165) is 5.92 Å². The third kappa shape index (κ3) is 42.7. The molecule has 0 amide bonds. The van der Waals surface area contributed by atoms with Crippen LogP contribution in [0.15, 0.2) is 0 Å². The Morgan fingerprint density at radius 2 is 1.25 bits per heavy atom. The molecular weight excluding hydrogens is 407 g/mol. The van der Waals surface area contributed by atoms with Gasteiger partial charge in [0.15, 0.2) is 0 Å². The maximum Gasteiger partial charge on any atom is -0.0536 e. The molecule has 0 aliphatic rings. The molecule has 0 saturated carbocycles. The molecule has 20 heavy (non-hydrogen) atoms. The Labute approximate surface area is 152 Å². The van der Waals surface area contributed by atoms with Gasteiger partial charge in [0.05, 0.1) is 0 Å². The summed E-state index contributed by atoms with van der Waals surface area (Å²) in [6.45, 7) is 9.06. The summed E-state index contributed by atoms with van der Waals surface area (Å²) in [7, 11) is -5.39.